The van der Waals surface area contributed by atoms with Crippen LogP contribution in [0.1, 0.15) is 13.8 Å². The van der Waals surface area contributed by atoms with Gasteiger partial charge in [0, 0.05) is 12.3 Å². The Hall–Kier alpha value is -1.76. The molecule has 0 saturated carbocycles. The number of ether oxygens (including phenoxy) is 1. The second kappa shape index (κ2) is 3.31. The van der Waals surface area contributed by atoms with Crippen LogP contribution >= 0.6 is 0 Å². The molecule has 4 heteroatoms. The molecule has 0 radical (unpaired) electrons. The van der Waals surface area contributed by atoms with E-state index in [2.05, 4.69) is 15.9 Å². The molecule has 4 nitrogen and oxygen atoms in total. The third-order valence-electron chi connectivity index (χ3n) is 1.36. The molecule has 0 fully saturated rings. The van der Waals surface area contributed by atoms with Crippen LogP contribution in [-0.2, 0) is 0 Å². The number of terminal acetylenes is 1. The van der Waals surface area contributed by atoms with Gasteiger partial charge in [-0.15, -0.1) is 6.42 Å². The van der Waals surface area contributed by atoms with E-state index in [1.807, 2.05) is 0 Å². The molecule has 2 N–H and O–H groups in total. The van der Waals surface area contributed by atoms with Gasteiger partial charge in [-0.1, -0.05) is 5.92 Å². The number of aromatic nitrogens is 2. The van der Waals surface area contributed by atoms with Gasteiger partial charge in [0.25, 0.3) is 0 Å². The maximum Gasteiger partial charge on any atom is 0.223 e. The van der Waals surface area contributed by atoms with Crippen molar-refractivity contribution in [2.75, 3.05) is 5.73 Å². The number of rotatable bonds is 2. The molecule has 1 heterocycles. The number of nitrogens with two attached hydrogens (primary N) is 1. The molecule has 1 aromatic heterocycles. The lowest BCUT2D eigenvalue weighted by atomic mass is 10.1. The van der Waals surface area contributed by atoms with E-state index in [9.17, 15) is 0 Å². The van der Waals surface area contributed by atoms with Crippen molar-refractivity contribution in [1.29, 1.82) is 0 Å². The van der Waals surface area contributed by atoms with Crippen LogP contribution in [0.3, 0.4) is 0 Å². The number of hydrogen-bond acceptors (Lipinski definition) is 4. The topological polar surface area (TPSA) is 61.0 Å². The Morgan fingerprint density at radius 1 is 1.62 bits per heavy atom. The normalized spacial score (nSPS) is 10.5. The summed E-state index contributed by atoms with van der Waals surface area (Å²) in [4.78, 5) is 7.59. The number of nitrogen functional groups attached to an aromatic ring is 1. The monoisotopic (exact) mass is 177 g/mol. The SMILES string of the molecule is C#CC(C)(C)Oc1ccnc(N)n1. The average molecular weight is 177 g/mol. The summed E-state index contributed by atoms with van der Waals surface area (Å²) in [6.45, 7) is 3.54. The van der Waals surface area contributed by atoms with Gasteiger partial charge in [0.1, 0.15) is 0 Å². The summed E-state index contributed by atoms with van der Waals surface area (Å²) in [5.41, 5.74) is 4.69. The number of hydrogen-bond donors (Lipinski definition) is 1. The van der Waals surface area contributed by atoms with Crippen molar-refractivity contribution in [2.24, 2.45) is 0 Å². The van der Waals surface area contributed by atoms with Gasteiger partial charge < -0.3 is 10.5 Å². The third-order valence-corrected chi connectivity index (χ3v) is 1.36. The first-order valence-electron chi connectivity index (χ1n) is 3.79. The van der Waals surface area contributed by atoms with Gasteiger partial charge in [-0.3, -0.25) is 0 Å². The first kappa shape index (κ1) is 9.33. The highest BCUT2D eigenvalue weighted by molar-refractivity contribution is 5.22. The molecular formula is C9H11N3O. The van der Waals surface area contributed by atoms with E-state index in [0.717, 1.165) is 0 Å². The first-order valence-corrected chi connectivity index (χ1v) is 3.79. The smallest absolute Gasteiger partial charge is 0.223 e. The molecule has 0 aliphatic rings. The van der Waals surface area contributed by atoms with Gasteiger partial charge in [-0.25, -0.2) is 4.98 Å². The highest BCUT2D eigenvalue weighted by Gasteiger charge is 2.16. The van der Waals surface area contributed by atoms with Crippen LogP contribution in [0.2, 0.25) is 0 Å². The predicted molar refractivity (Wildman–Crippen MR) is 50.0 cm³/mol. The van der Waals surface area contributed by atoms with Crippen molar-refractivity contribution in [1.82, 2.24) is 9.97 Å². The summed E-state index contributed by atoms with van der Waals surface area (Å²) in [7, 11) is 0. The van der Waals surface area contributed by atoms with Crippen LogP contribution in [0, 0.1) is 12.3 Å². The van der Waals surface area contributed by atoms with Crippen molar-refractivity contribution < 1.29 is 4.74 Å². The summed E-state index contributed by atoms with van der Waals surface area (Å²) >= 11 is 0. The highest BCUT2D eigenvalue weighted by atomic mass is 16.5. The Labute approximate surface area is 77.1 Å². The van der Waals surface area contributed by atoms with Crippen molar-refractivity contribution >= 4 is 5.95 Å². The molecule has 0 unspecified atom stereocenters. The molecule has 1 rings (SSSR count). The van der Waals surface area contributed by atoms with Crippen LogP contribution in [-0.4, -0.2) is 15.6 Å². The molecule has 1 aromatic rings. The molecular weight excluding hydrogens is 166 g/mol. The molecule has 68 valence electrons. The van der Waals surface area contributed by atoms with Gasteiger partial charge in [0.15, 0.2) is 5.60 Å². The summed E-state index contributed by atoms with van der Waals surface area (Å²) in [6.07, 6.45) is 6.76. The van der Waals surface area contributed by atoms with Gasteiger partial charge in [0.2, 0.25) is 11.8 Å². The lowest BCUT2D eigenvalue weighted by Gasteiger charge is -2.18. The van der Waals surface area contributed by atoms with Gasteiger partial charge in [0.05, 0.1) is 0 Å². The number of anilines is 1. The molecule has 0 aliphatic carbocycles. The molecule has 0 saturated heterocycles. The van der Waals surface area contributed by atoms with Crippen LogP contribution in [0.15, 0.2) is 12.3 Å². The Kier molecular flexibility index (Phi) is 2.38. The minimum atomic E-state index is -0.680. The zero-order valence-corrected chi connectivity index (χ0v) is 7.61. The summed E-state index contributed by atoms with van der Waals surface area (Å²) in [6, 6.07) is 1.61. The lowest BCUT2D eigenvalue weighted by molar-refractivity contribution is 0.165. The highest BCUT2D eigenvalue weighted by Crippen LogP contribution is 2.14. The average Bonchev–Trinajstić information content (AvgIpc) is 2.03. The summed E-state index contributed by atoms with van der Waals surface area (Å²) < 4.78 is 5.36. The Morgan fingerprint density at radius 2 is 2.31 bits per heavy atom. The Morgan fingerprint density at radius 3 is 2.85 bits per heavy atom. The largest absolute Gasteiger partial charge is 0.458 e. The molecule has 0 aromatic carbocycles. The van der Waals surface area contributed by atoms with Crippen molar-refractivity contribution in [3.8, 4) is 18.2 Å². The van der Waals surface area contributed by atoms with E-state index in [0.29, 0.717) is 5.88 Å². The van der Waals surface area contributed by atoms with Crippen molar-refractivity contribution in [3.63, 3.8) is 0 Å². The summed E-state index contributed by atoms with van der Waals surface area (Å²) in [5, 5.41) is 0. The maximum atomic E-state index is 5.37. The number of nitrogens with zero attached hydrogens (tertiary/aromatic N) is 2. The van der Waals surface area contributed by atoms with Crippen LogP contribution < -0.4 is 10.5 Å². The standard InChI is InChI=1S/C9H11N3O/c1-4-9(2,3)13-7-5-6-11-8(10)12-7/h1,5-6H,2-3H3,(H2,10,11,12). The second-order valence-electron chi connectivity index (χ2n) is 3.01. The van der Waals surface area contributed by atoms with Crippen molar-refractivity contribution in [2.45, 2.75) is 19.4 Å². The van der Waals surface area contributed by atoms with E-state index in [4.69, 9.17) is 16.9 Å². The van der Waals surface area contributed by atoms with Crippen LogP contribution in [0.5, 0.6) is 5.88 Å². The fourth-order valence-electron chi connectivity index (χ4n) is 0.704. The van der Waals surface area contributed by atoms with Crippen LogP contribution in [0.4, 0.5) is 5.95 Å². The molecule has 0 bridgehead atoms. The van der Waals surface area contributed by atoms with Gasteiger partial charge in [-0.2, -0.15) is 4.98 Å². The zero-order valence-electron chi connectivity index (χ0n) is 7.61. The van der Waals surface area contributed by atoms with E-state index < -0.39 is 5.60 Å². The summed E-state index contributed by atoms with van der Waals surface area (Å²) in [5.74, 6) is 3.04. The quantitative estimate of drug-likeness (QED) is 0.680. The fraction of sp³-hybridized carbons (Fsp3) is 0.333. The van der Waals surface area contributed by atoms with Gasteiger partial charge in [-0.05, 0) is 13.8 Å². The molecule has 0 aliphatic heterocycles. The second-order valence-corrected chi connectivity index (χ2v) is 3.01. The van der Waals surface area contributed by atoms with Crippen molar-refractivity contribution in [3.05, 3.63) is 12.3 Å². The zero-order chi connectivity index (χ0) is 9.90. The molecule has 0 amide bonds. The lowest BCUT2D eigenvalue weighted by Crippen LogP contribution is -2.26. The predicted octanol–water partition coefficient (Wildman–Crippen LogP) is 0.849. The maximum absolute atomic E-state index is 5.37. The first-order chi connectivity index (χ1) is 6.03. The molecule has 13 heavy (non-hydrogen) atoms. The van der Waals surface area contributed by atoms with E-state index >= 15 is 0 Å². The minimum Gasteiger partial charge on any atom is -0.458 e. The third kappa shape index (κ3) is 2.64. The van der Waals surface area contributed by atoms with Gasteiger partial charge >= 0.3 is 0 Å². The van der Waals surface area contributed by atoms with E-state index in [-0.39, 0.29) is 5.95 Å². The van der Waals surface area contributed by atoms with Crippen LogP contribution in [0.25, 0.3) is 0 Å². The minimum absolute atomic E-state index is 0.172. The Bertz CT molecular complexity index is 341. The van der Waals surface area contributed by atoms with E-state index in [1.165, 1.54) is 6.20 Å². The Balaban J connectivity index is 2.82. The molecule has 0 spiro atoms. The molecule has 0 atom stereocenters. The fourth-order valence-corrected chi connectivity index (χ4v) is 0.704. The van der Waals surface area contributed by atoms with E-state index in [1.54, 1.807) is 19.9 Å².